The van der Waals surface area contributed by atoms with Gasteiger partial charge >= 0.3 is 0 Å². The second kappa shape index (κ2) is 10.6. The lowest BCUT2D eigenvalue weighted by atomic mass is 9.89. The number of hydrogen-bond donors (Lipinski definition) is 1. The van der Waals surface area contributed by atoms with Gasteiger partial charge in [-0.2, -0.15) is 11.8 Å². The highest BCUT2D eigenvalue weighted by molar-refractivity contribution is 7.99. The topological polar surface area (TPSA) is 79.0 Å². The number of piperidine rings is 1. The predicted octanol–water partition coefficient (Wildman–Crippen LogP) is 2.69. The number of Topliss-reactive ketones (excluding diaryl/α,β-unsaturated/α-hetero) is 1. The van der Waals surface area contributed by atoms with Crippen LogP contribution in [0.15, 0.2) is 24.3 Å². The Labute approximate surface area is 212 Å². The maximum atomic E-state index is 13.8. The molecule has 1 saturated carbocycles. The minimum absolute atomic E-state index is 0.0270. The number of thioether (sulfide) groups is 1. The van der Waals surface area contributed by atoms with Gasteiger partial charge < -0.3 is 19.9 Å². The monoisotopic (exact) mass is 499 g/mol. The first-order valence-corrected chi connectivity index (χ1v) is 14.3. The highest BCUT2D eigenvalue weighted by atomic mass is 32.2. The van der Waals surface area contributed by atoms with Crippen LogP contribution in [-0.2, 0) is 14.3 Å². The average Bonchev–Trinajstić information content (AvgIpc) is 3.62. The number of fused-ring (bicyclic) bond motifs is 1. The zero-order valence-electron chi connectivity index (χ0n) is 20.8. The second-order valence-corrected chi connectivity index (χ2v) is 11.7. The van der Waals surface area contributed by atoms with Crippen molar-refractivity contribution < 1.29 is 19.1 Å². The smallest absolute Gasteiger partial charge is 0.251 e. The third-order valence-electron chi connectivity index (χ3n) is 8.51. The van der Waals surface area contributed by atoms with Crippen molar-refractivity contribution in [2.75, 3.05) is 39.5 Å². The van der Waals surface area contributed by atoms with Gasteiger partial charge in [0.1, 0.15) is 18.7 Å². The van der Waals surface area contributed by atoms with Crippen LogP contribution in [0.25, 0.3) is 0 Å². The third-order valence-corrected chi connectivity index (χ3v) is 9.53. The van der Waals surface area contributed by atoms with Gasteiger partial charge in [-0.25, -0.2) is 0 Å². The molecule has 1 N–H and O–H groups in total. The molecule has 0 aromatic heterocycles. The van der Waals surface area contributed by atoms with E-state index < -0.39 is 12.1 Å². The fourth-order valence-corrected chi connectivity index (χ4v) is 7.18. The SMILES string of the molecule is CS[C@H]1CN(C(=O)[C@@H](NC(=O)c2ccc(C3CCN(C)CC3)cc2)C2CCCC2)[C@@H]2C(=O)CO[C@H]12. The van der Waals surface area contributed by atoms with Gasteiger partial charge in [-0.3, -0.25) is 14.4 Å². The van der Waals surface area contributed by atoms with Crippen molar-refractivity contribution in [1.29, 1.82) is 0 Å². The van der Waals surface area contributed by atoms with E-state index in [1.54, 1.807) is 16.7 Å². The predicted molar refractivity (Wildman–Crippen MR) is 137 cm³/mol. The first kappa shape index (κ1) is 24.8. The summed E-state index contributed by atoms with van der Waals surface area (Å²) in [6.45, 7) is 2.76. The lowest BCUT2D eigenvalue weighted by molar-refractivity contribution is -0.139. The Bertz CT molecular complexity index is 940. The van der Waals surface area contributed by atoms with E-state index in [-0.39, 0.29) is 41.5 Å². The molecule has 0 unspecified atom stereocenters. The van der Waals surface area contributed by atoms with Crippen molar-refractivity contribution in [1.82, 2.24) is 15.1 Å². The summed E-state index contributed by atoms with van der Waals surface area (Å²) >= 11 is 1.64. The molecule has 1 aromatic carbocycles. The lowest BCUT2D eigenvalue weighted by Crippen LogP contribution is -2.54. The molecule has 4 fully saturated rings. The minimum atomic E-state index is -0.604. The molecule has 0 bridgehead atoms. The number of likely N-dealkylation sites (tertiary alicyclic amines) is 2. The Morgan fingerprint density at radius 3 is 2.43 bits per heavy atom. The van der Waals surface area contributed by atoms with Gasteiger partial charge in [0.25, 0.3) is 5.91 Å². The molecule has 3 heterocycles. The van der Waals surface area contributed by atoms with E-state index in [1.807, 2.05) is 18.4 Å². The van der Waals surface area contributed by atoms with Crippen LogP contribution in [0, 0.1) is 5.92 Å². The van der Waals surface area contributed by atoms with Gasteiger partial charge in [0.2, 0.25) is 5.91 Å². The zero-order chi connectivity index (χ0) is 24.5. The van der Waals surface area contributed by atoms with Crippen molar-refractivity contribution in [3.63, 3.8) is 0 Å². The highest BCUT2D eigenvalue weighted by Gasteiger charge is 2.53. The van der Waals surface area contributed by atoms with Crippen LogP contribution in [0.5, 0.6) is 0 Å². The van der Waals surface area contributed by atoms with E-state index in [9.17, 15) is 14.4 Å². The molecular formula is C27H37N3O4S. The van der Waals surface area contributed by atoms with Crippen molar-refractivity contribution in [3.05, 3.63) is 35.4 Å². The number of ketones is 1. The highest BCUT2D eigenvalue weighted by Crippen LogP contribution is 2.36. The number of nitrogens with zero attached hydrogens (tertiary/aromatic N) is 2. The number of ether oxygens (including phenoxy) is 1. The minimum Gasteiger partial charge on any atom is -0.367 e. The molecule has 4 atom stereocenters. The summed E-state index contributed by atoms with van der Waals surface area (Å²) in [5.41, 5.74) is 1.86. The fourth-order valence-electron chi connectivity index (χ4n) is 6.37. The normalized spacial score (nSPS) is 28.9. The van der Waals surface area contributed by atoms with E-state index in [2.05, 4.69) is 29.4 Å². The third kappa shape index (κ3) is 5.02. The molecule has 190 valence electrons. The van der Waals surface area contributed by atoms with E-state index in [1.165, 1.54) is 5.56 Å². The first-order chi connectivity index (χ1) is 17.0. The van der Waals surface area contributed by atoms with Crippen LogP contribution in [0.1, 0.15) is 60.4 Å². The summed E-state index contributed by atoms with van der Waals surface area (Å²) in [4.78, 5) is 43.8. The Morgan fingerprint density at radius 1 is 1.09 bits per heavy atom. The summed E-state index contributed by atoms with van der Waals surface area (Å²) in [7, 11) is 2.16. The molecule has 3 aliphatic heterocycles. The molecular weight excluding hydrogens is 462 g/mol. The fraction of sp³-hybridized carbons (Fsp3) is 0.667. The lowest BCUT2D eigenvalue weighted by Gasteiger charge is -2.31. The number of amides is 2. The molecule has 8 heteroatoms. The summed E-state index contributed by atoms with van der Waals surface area (Å²) in [6.07, 6.45) is 8.00. The summed E-state index contributed by atoms with van der Waals surface area (Å²) in [5.74, 6) is 0.278. The largest absolute Gasteiger partial charge is 0.367 e. The van der Waals surface area contributed by atoms with Gasteiger partial charge in [0, 0.05) is 12.1 Å². The number of benzene rings is 1. The van der Waals surface area contributed by atoms with E-state index in [0.29, 0.717) is 18.0 Å². The zero-order valence-corrected chi connectivity index (χ0v) is 21.6. The Kier molecular flexibility index (Phi) is 7.51. The van der Waals surface area contributed by atoms with Crippen molar-refractivity contribution >= 4 is 29.4 Å². The number of carbonyl (C=O) groups is 3. The molecule has 35 heavy (non-hydrogen) atoms. The van der Waals surface area contributed by atoms with E-state index in [0.717, 1.165) is 51.6 Å². The maximum absolute atomic E-state index is 13.8. The Morgan fingerprint density at radius 2 is 1.77 bits per heavy atom. The second-order valence-electron chi connectivity index (χ2n) is 10.6. The molecule has 3 saturated heterocycles. The number of nitrogens with one attached hydrogen (secondary N) is 1. The van der Waals surface area contributed by atoms with E-state index in [4.69, 9.17) is 4.74 Å². The van der Waals surface area contributed by atoms with Gasteiger partial charge in [0.05, 0.1) is 11.4 Å². The summed E-state index contributed by atoms with van der Waals surface area (Å²) in [5, 5.41) is 3.17. The van der Waals surface area contributed by atoms with Crippen LogP contribution in [0.3, 0.4) is 0 Å². The number of carbonyl (C=O) groups excluding carboxylic acids is 3. The first-order valence-electron chi connectivity index (χ1n) is 13.0. The molecule has 1 aliphatic carbocycles. The van der Waals surface area contributed by atoms with Crippen molar-refractivity contribution in [2.45, 2.75) is 67.9 Å². The van der Waals surface area contributed by atoms with Crippen LogP contribution in [-0.4, -0.2) is 90.4 Å². The van der Waals surface area contributed by atoms with Gasteiger partial charge in [-0.15, -0.1) is 0 Å². The number of rotatable bonds is 6. The van der Waals surface area contributed by atoms with Gasteiger partial charge in [-0.05, 0) is 81.6 Å². The quantitative estimate of drug-likeness (QED) is 0.649. The molecule has 5 rings (SSSR count). The molecule has 2 amide bonds. The average molecular weight is 500 g/mol. The molecule has 7 nitrogen and oxygen atoms in total. The molecule has 4 aliphatic rings. The number of hydrogen-bond acceptors (Lipinski definition) is 6. The van der Waals surface area contributed by atoms with Crippen LogP contribution < -0.4 is 5.32 Å². The van der Waals surface area contributed by atoms with Crippen LogP contribution >= 0.6 is 11.8 Å². The van der Waals surface area contributed by atoms with Gasteiger partial charge in [0.15, 0.2) is 5.78 Å². The summed E-state index contributed by atoms with van der Waals surface area (Å²) in [6, 6.07) is 6.80. The Hall–Kier alpha value is -1.90. The molecule has 0 spiro atoms. The van der Waals surface area contributed by atoms with Gasteiger partial charge in [-0.1, -0.05) is 25.0 Å². The summed E-state index contributed by atoms with van der Waals surface area (Å²) < 4.78 is 5.74. The van der Waals surface area contributed by atoms with E-state index >= 15 is 0 Å². The maximum Gasteiger partial charge on any atom is 0.251 e. The molecule has 1 aromatic rings. The van der Waals surface area contributed by atoms with Crippen molar-refractivity contribution in [3.8, 4) is 0 Å². The molecule has 0 radical (unpaired) electrons. The van der Waals surface area contributed by atoms with Crippen molar-refractivity contribution in [2.24, 2.45) is 5.92 Å². The standard InChI is InChI=1S/C27H37N3O4S/c1-29-13-11-18(12-14-29)17-7-9-20(10-8-17)26(32)28-23(19-5-3-4-6-19)27(33)30-15-22(35-2)25-24(30)21(31)16-34-25/h7-10,18-19,22-25H,3-6,11-16H2,1-2H3,(H,28,32)/t22-,23-,24+,25+/m0/s1. The Balaban J connectivity index is 1.30. The van der Waals surface area contributed by atoms with Crippen LogP contribution in [0.4, 0.5) is 0 Å². The van der Waals surface area contributed by atoms with Crippen LogP contribution in [0.2, 0.25) is 0 Å².